The van der Waals surface area contributed by atoms with Gasteiger partial charge in [-0.05, 0) is 49.4 Å². The van der Waals surface area contributed by atoms with Crippen molar-refractivity contribution in [1.29, 1.82) is 0 Å². The maximum absolute atomic E-state index is 13.3. The highest BCUT2D eigenvalue weighted by atomic mass is 19.1. The van der Waals surface area contributed by atoms with Crippen LogP contribution in [0, 0.1) is 11.6 Å². The second-order valence-corrected chi connectivity index (χ2v) is 7.80. The molecule has 0 bridgehead atoms. The lowest BCUT2D eigenvalue weighted by atomic mass is 10.0. The summed E-state index contributed by atoms with van der Waals surface area (Å²) in [5.74, 6) is -3.81. The second kappa shape index (κ2) is 10.3. The number of aliphatic hydroxyl groups excluding tert-OH is 1. The molecule has 0 unspecified atom stereocenters. The van der Waals surface area contributed by atoms with E-state index in [4.69, 9.17) is 0 Å². The Morgan fingerprint density at radius 1 is 1.06 bits per heavy atom. The minimum absolute atomic E-state index is 0.149. The molecule has 4 atom stereocenters. The van der Waals surface area contributed by atoms with Gasteiger partial charge in [0.15, 0.2) is 6.10 Å². The van der Waals surface area contributed by atoms with Crippen LogP contribution in [0.2, 0.25) is 0 Å². The molecule has 1 heterocycles. The van der Waals surface area contributed by atoms with Crippen LogP contribution >= 0.6 is 0 Å². The summed E-state index contributed by atoms with van der Waals surface area (Å²) in [5.41, 5.74) is 0.707. The largest absolute Gasteiger partial charge is 0.378 e. The van der Waals surface area contributed by atoms with E-state index in [0.29, 0.717) is 18.9 Å². The van der Waals surface area contributed by atoms with Crippen molar-refractivity contribution < 1.29 is 28.3 Å². The first kappa shape index (κ1) is 23.3. The van der Waals surface area contributed by atoms with Crippen molar-refractivity contribution in [3.05, 3.63) is 71.3 Å². The Hall–Kier alpha value is -3.33. The summed E-state index contributed by atoms with van der Waals surface area (Å²) < 4.78 is 26.6. The number of amides is 3. The number of nitrogens with one attached hydrogen (secondary N) is 3. The van der Waals surface area contributed by atoms with Crippen molar-refractivity contribution in [2.45, 2.75) is 50.4 Å². The van der Waals surface area contributed by atoms with E-state index in [0.717, 1.165) is 24.1 Å². The van der Waals surface area contributed by atoms with Crippen LogP contribution in [-0.2, 0) is 14.4 Å². The second-order valence-electron chi connectivity index (χ2n) is 7.80. The van der Waals surface area contributed by atoms with Crippen LogP contribution in [0.25, 0.3) is 0 Å². The van der Waals surface area contributed by atoms with Gasteiger partial charge in [-0.25, -0.2) is 8.78 Å². The van der Waals surface area contributed by atoms with Gasteiger partial charge in [0.25, 0.3) is 5.91 Å². The van der Waals surface area contributed by atoms with Crippen molar-refractivity contribution in [2.24, 2.45) is 0 Å². The zero-order valence-electron chi connectivity index (χ0n) is 17.5. The van der Waals surface area contributed by atoms with Crippen molar-refractivity contribution in [3.63, 3.8) is 0 Å². The normalized spacial score (nSPS) is 20.4. The van der Waals surface area contributed by atoms with Crippen LogP contribution in [0.5, 0.6) is 0 Å². The van der Waals surface area contributed by atoms with E-state index < -0.39 is 41.6 Å². The number of hydrogen-bond acceptors (Lipinski definition) is 4. The van der Waals surface area contributed by atoms with Crippen LogP contribution in [-0.4, -0.2) is 34.9 Å². The number of aliphatic hydroxyl groups is 1. The number of carbonyl (C=O) groups excluding carboxylic acids is 3. The van der Waals surface area contributed by atoms with E-state index in [1.165, 1.54) is 6.92 Å². The van der Waals surface area contributed by atoms with E-state index in [-0.39, 0.29) is 17.5 Å². The van der Waals surface area contributed by atoms with Crippen molar-refractivity contribution in [1.82, 2.24) is 16.0 Å². The molecule has 170 valence electrons. The third-order valence-corrected chi connectivity index (χ3v) is 5.34. The smallest absolute Gasteiger partial charge is 0.254 e. The molecule has 1 aliphatic heterocycles. The third kappa shape index (κ3) is 5.88. The molecule has 0 saturated carbocycles. The predicted octanol–water partition coefficient (Wildman–Crippen LogP) is 2.03. The molecule has 3 rings (SSSR count). The summed E-state index contributed by atoms with van der Waals surface area (Å²) in [7, 11) is 0. The van der Waals surface area contributed by atoms with Gasteiger partial charge in [-0.2, -0.15) is 0 Å². The molecule has 4 N–H and O–H groups in total. The van der Waals surface area contributed by atoms with E-state index in [9.17, 15) is 28.3 Å². The molecule has 0 radical (unpaired) electrons. The van der Waals surface area contributed by atoms with Crippen LogP contribution in [0.3, 0.4) is 0 Å². The van der Waals surface area contributed by atoms with Gasteiger partial charge in [0.2, 0.25) is 11.8 Å². The molecule has 0 spiro atoms. The minimum atomic E-state index is -1.86. The number of benzene rings is 2. The molecule has 1 aliphatic rings. The first-order valence-electron chi connectivity index (χ1n) is 10.3. The van der Waals surface area contributed by atoms with Crippen LogP contribution in [0.1, 0.15) is 49.5 Å². The maximum Gasteiger partial charge on any atom is 0.254 e. The van der Waals surface area contributed by atoms with Gasteiger partial charge in [-0.15, -0.1) is 0 Å². The standard InChI is InChI=1S/C23H25F2N3O4/c1-13(26-23(32)20(29)15-10-16(24)12-17(25)11-15)21(30)28-19-9-5-8-18(27-22(19)31)14-6-3-2-4-7-14/h2-4,6-7,10-13,18-20,29H,5,8-9H2,1H3,(H,26,32)(H,27,31)(H,28,30)/t13-,18+,19-,20+/m0/s1. The number of hydrogen-bond donors (Lipinski definition) is 4. The van der Waals surface area contributed by atoms with Gasteiger partial charge in [0.1, 0.15) is 23.7 Å². The number of carbonyl (C=O) groups is 3. The SMILES string of the molecule is C[C@H](NC(=O)[C@H](O)c1cc(F)cc(F)c1)C(=O)N[C@H]1CCC[C@H](c2ccccc2)NC1=O. The van der Waals surface area contributed by atoms with Gasteiger partial charge in [-0.1, -0.05) is 30.3 Å². The molecule has 1 saturated heterocycles. The first-order chi connectivity index (χ1) is 15.2. The van der Waals surface area contributed by atoms with E-state index in [1.807, 2.05) is 30.3 Å². The van der Waals surface area contributed by atoms with Crippen molar-refractivity contribution in [2.75, 3.05) is 0 Å². The molecular formula is C23H25F2N3O4. The average molecular weight is 445 g/mol. The minimum Gasteiger partial charge on any atom is -0.378 e. The Bertz CT molecular complexity index is 966. The molecule has 0 aromatic heterocycles. The lowest BCUT2D eigenvalue weighted by Crippen LogP contribution is -2.52. The Labute approximate surface area is 184 Å². The fourth-order valence-electron chi connectivity index (χ4n) is 3.61. The fourth-order valence-corrected chi connectivity index (χ4v) is 3.61. The summed E-state index contributed by atoms with van der Waals surface area (Å²) in [6.45, 7) is 1.38. The monoisotopic (exact) mass is 445 g/mol. The summed E-state index contributed by atoms with van der Waals surface area (Å²) >= 11 is 0. The van der Waals surface area contributed by atoms with E-state index in [2.05, 4.69) is 16.0 Å². The first-order valence-corrected chi connectivity index (χ1v) is 10.3. The van der Waals surface area contributed by atoms with E-state index >= 15 is 0 Å². The molecular weight excluding hydrogens is 420 g/mol. The van der Waals surface area contributed by atoms with Crippen LogP contribution in [0.15, 0.2) is 48.5 Å². The lowest BCUT2D eigenvalue weighted by molar-refractivity contribution is -0.135. The summed E-state index contributed by atoms with van der Waals surface area (Å²) in [4.78, 5) is 37.4. The van der Waals surface area contributed by atoms with E-state index in [1.54, 1.807) is 0 Å². The van der Waals surface area contributed by atoms with Crippen molar-refractivity contribution in [3.8, 4) is 0 Å². The molecule has 3 amide bonds. The molecule has 2 aromatic carbocycles. The maximum atomic E-state index is 13.3. The lowest BCUT2D eigenvalue weighted by Gasteiger charge is -2.21. The summed E-state index contributed by atoms with van der Waals surface area (Å²) in [6.07, 6.45) is 0.00838. The molecule has 7 nitrogen and oxygen atoms in total. The third-order valence-electron chi connectivity index (χ3n) is 5.34. The summed E-state index contributed by atoms with van der Waals surface area (Å²) in [6, 6.07) is 9.81. The molecule has 0 aliphatic carbocycles. The van der Waals surface area contributed by atoms with Gasteiger partial charge >= 0.3 is 0 Å². The topological polar surface area (TPSA) is 108 Å². The highest BCUT2D eigenvalue weighted by molar-refractivity contribution is 5.93. The van der Waals surface area contributed by atoms with Gasteiger partial charge < -0.3 is 21.1 Å². The molecule has 1 fully saturated rings. The van der Waals surface area contributed by atoms with Gasteiger partial charge in [0.05, 0.1) is 6.04 Å². The van der Waals surface area contributed by atoms with Crippen molar-refractivity contribution >= 4 is 17.7 Å². The van der Waals surface area contributed by atoms with Crippen LogP contribution in [0.4, 0.5) is 8.78 Å². The zero-order chi connectivity index (χ0) is 23.3. The number of rotatable bonds is 6. The van der Waals surface area contributed by atoms with Crippen LogP contribution < -0.4 is 16.0 Å². The van der Waals surface area contributed by atoms with Gasteiger partial charge in [-0.3, -0.25) is 14.4 Å². The highest BCUT2D eigenvalue weighted by Gasteiger charge is 2.30. The Kier molecular flexibility index (Phi) is 7.53. The fraction of sp³-hybridized carbons (Fsp3) is 0.348. The predicted molar refractivity (Wildman–Crippen MR) is 112 cm³/mol. The molecule has 32 heavy (non-hydrogen) atoms. The Balaban J connectivity index is 1.56. The number of halogens is 2. The Morgan fingerprint density at radius 3 is 2.38 bits per heavy atom. The highest BCUT2D eigenvalue weighted by Crippen LogP contribution is 2.23. The molecule has 2 aromatic rings. The zero-order valence-corrected chi connectivity index (χ0v) is 17.5. The molecule has 9 heteroatoms. The van der Waals surface area contributed by atoms with Gasteiger partial charge in [0, 0.05) is 6.07 Å². The Morgan fingerprint density at radius 2 is 1.72 bits per heavy atom. The summed E-state index contributed by atoms with van der Waals surface area (Å²) in [5, 5.41) is 17.9. The average Bonchev–Trinajstić information content (AvgIpc) is 2.94. The quantitative estimate of drug-likeness (QED) is 0.546.